The summed E-state index contributed by atoms with van der Waals surface area (Å²) < 4.78 is 13.3. The molecule has 3 heterocycles. The van der Waals surface area contributed by atoms with Crippen molar-refractivity contribution in [2.24, 2.45) is 5.92 Å². The van der Waals surface area contributed by atoms with E-state index in [1.165, 1.54) is 12.1 Å². The molecule has 7 nitrogen and oxygen atoms in total. The van der Waals surface area contributed by atoms with E-state index in [1.807, 2.05) is 18.2 Å². The zero-order valence-corrected chi connectivity index (χ0v) is 16.6. The van der Waals surface area contributed by atoms with Crippen LogP contribution in [0.4, 0.5) is 10.1 Å². The van der Waals surface area contributed by atoms with Gasteiger partial charge < -0.3 is 10.2 Å². The van der Waals surface area contributed by atoms with Crippen molar-refractivity contribution in [3.63, 3.8) is 0 Å². The molecule has 0 spiro atoms. The minimum atomic E-state index is -0.343. The van der Waals surface area contributed by atoms with Crippen LogP contribution in [0.3, 0.4) is 0 Å². The standard InChI is InChI=1S/C22H22FN5O2/c1-14-11-16(23)7-8-17(14)25-21(29)15-5-4-10-28(13-15)22(30)20-12-19(26-27-20)18-6-2-3-9-24-18/h2-3,6-9,11-12,15H,4-5,10,13H2,1H3,(H,25,29)(H,26,27). The van der Waals surface area contributed by atoms with Gasteiger partial charge in [-0.15, -0.1) is 0 Å². The van der Waals surface area contributed by atoms with E-state index in [9.17, 15) is 14.0 Å². The zero-order chi connectivity index (χ0) is 21.1. The molecule has 1 saturated heterocycles. The van der Waals surface area contributed by atoms with Crippen molar-refractivity contribution < 1.29 is 14.0 Å². The van der Waals surface area contributed by atoms with E-state index in [0.29, 0.717) is 47.8 Å². The third kappa shape index (κ3) is 4.22. The average molecular weight is 407 g/mol. The smallest absolute Gasteiger partial charge is 0.271 e. The van der Waals surface area contributed by atoms with Crippen LogP contribution in [0.15, 0.2) is 48.7 Å². The summed E-state index contributed by atoms with van der Waals surface area (Å²) in [6, 6.07) is 11.4. The van der Waals surface area contributed by atoms with Crippen molar-refractivity contribution in [2.45, 2.75) is 19.8 Å². The fourth-order valence-electron chi connectivity index (χ4n) is 3.62. The van der Waals surface area contributed by atoms with Gasteiger partial charge in [-0.25, -0.2) is 4.39 Å². The van der Waals surface area contributed by atoms with Crippen LogP contribution in [0.2, 0.25) is 0 Å². The van der Waals surface area contributed by atoms with Gasteiger partial charge in [0.2, 0.25) is 5.91 Å². The number of carbonyl (C=O) groups excluding carboxylic acids is 2. The van der Waals surface area contributed by atoms with Crippen molar-refractivity contribution in [3.8, 4) is 11.4 Å². The Labute approximate surface area is 173 Å². The number of aromatic amines is 1. The number of nitrogens with zero attached hydrogens (tertiary/aromatic N) is 3. The summed E-state index contributed by atoms with van der Waals surface area (Å²) in [7, 11) is 0. The molecule has 1 fully saturated rings. The second-order valence-electron chi connectivity index (χ2n) is 7.42. The van der Waals surface area contributed by atoms with Gasteiger partial charge in [-0.1, -0.05) is 6.07 Å². The molecule has 8 heteroatoms. The number of hydrogen-bond donors (Lipinski definition) is 2. The Hall–Kier alpha value is -3.55. The molecule has 1 aromatic carbocycles. The molecule has 2 N–H and O–H groups in total. The number of hydrogen-bond acceptors (Lipinski definition) is 4. The molecule has 2 aromatic heterocycles. The molecule has 1 unspecified atom stereocenters. The van der Waals surface area contributed by atoms with Gasteiger partial charge in [0.05, 0.1) is 11.6 Å². The molecule has 0 radical (unpaired) electrons. The monoisotopic (exact) mass is 407 g/mol. The Morgan fingerprint density at radius 2 is 2.07 bits per heavy atom. The number of aryl methyl sites for hydroxylation is 1. The molecule has 3 aromatic rings. The minimum Gasteiger partial charge on any atom is -0.337 e. The van der Waals surface area contributed by atoms with Gasteiger partial charge in [-0.3, -0.25) is 19.7 Å². The number of H-pyrrole nitrogens is 1. The maximum atomic E-state index is 13.3. The number of halogens is 1. The number of amides is 2. The second-order valence-corrected chi connectivity index (χ2v) is 7.42. The second kappa shape index (κ2) is 8.44. The number of piperidine rings is 1. The predicted molar refractivity (Wildman–Crippen MR) is 110 cm³/mol. The maximum absolute atomic E-state index is 13.3. The summed E-state index contributed by atoms with van der Waals surface area (Å²) in [4.78, 5) is 31.6. The largest absolute Gasteiger partial charge is 0.337 e. The molecule has 0 aliphatic carbocycles. The number of benzene rings is 1. The Morgan fingerprint density at radius 1 is 1.20 bits per heavy atom. The quantitative estimate of drug-likeness (QED) is 0.693. The van der Waals surface area contributed by atoms with Gasteiger partial charge in [-0.05, 0) is 61.7 Å². The summed E-state index contributed by atoms with van der Waals surface area (Å²) in [5.74, 6) is -1.03. The number of likely N-dealkylation sites (tertiary alicyclic amines) is 1. The van der Waals surface area contributed by atoms with E-state index in [1.54, 1.807) is 30.2 Å². The summed E-state index contributed by atoms with van der Waals surface area (Å²) in [5.41, 5.74) is 2.88. The van der Waals surface area contributed by atoms with Crippen molar-refractivity contribution in [2.75, 3.05) is 18.4 Å². The summed E-state index contributed by atoms with van der Waals surface area (Å²) in [6.07, 6.45) is 3.09. The highest BCUT2D eigenvalue weighted by Gasteiger charge is 2.30. The summed E-state index contributed by atoms with van der Waals surface area (Å²) in [5, 5.41) is 9.82. The first-order chi connectivity index (χ1) is 14.5. The third-order valence-electron chi connectivity index (χ3n) is 5.26. The van der Waals surface area contributed by atoms with Gasteiger partial charge in [0, 0.05) is 25.0 Å². The fourth-order valence-corrected chi connectivity index (χ4v) is 3.62. The molecule has 1 atom stereocenters. The van der Waals surface area contributed by atoms with E-state index in [-0.39, 0.29) is 23.5 Å². The van der Waals surface area contributed by atoms with Crippen molar-refractivity contribution in [1.82, 2.24) is 20.1 Å². The van der Waals surface area contributed by atoms with Crippen LogP contribution in [-0.2, 0) is 4.79 Å². The molecule has 0 saturated carbocycles. The van der Waals surface area contributed by atoms with Crippen molar-refractivity contribution in [3.05, 3.63) is 65.7 Å². The molecule has 4 rings (SSSR count). The van der Waals surface area contributed by atoms with Crippen LogP contribution in [0, 0.1) is 18.7 Å². The first kappa shape index (κ1) is 19.8. The fraction of sp³-hybridized carbons (Fsp3) is 0.273. The lowest BCUT2D eigenvalue weighted by molar-refractivity contribution is -0.121. The normalized spacial score (nSPS) is 16.3. The van der Waals surface area contributed by atoms with Gasteiger partial charge in [-0.2, -0.15) is 5.10 Å². The molecule has 2 amide bonds. The van der Waals surface area contributed by atoms with Crippen LogP contribution in [0.25, 0.3) is 11.4 Å². The lowest BCUT2D eigenvalue weighted by Gasteiger charge is -2.31. The topological polar surface area (TPSA) is 91.0 Å². The lowest BCUT2D eigenvalue weighted by atomic mass is 9.96. The van der Waals surface area contributed by atoms with Crippen molar-refractivity contribution >= 4 is 17.5 Å². The minimum absolute atomic E-state index is 0.166. The van der Waals surface area contributed by atoms with Gasteiger partial charge in [0.25, 0.3) is 5.91 Å². The Morgan fingerprint density at radius 3 is 2.83 bits per heavy atom. The predicted octanol–water partition coefficient (Wildman–Crippen LogP) is 3.41. The van der Waals surface area contributed by atoms with Gasteiger partial charge in [0.15, 0.2) is 0 Å². The highest BCUT2D eigenvalue weighted by molar-refractivity contribution is 5.96. The molecular formula is C22H22FN5O2. The van der Waals surface area contributed by atoms with E-state index < -0.39 is 0 Å². The zero-order valence-electron chi connectivity index (χ0n) is 16.6. The third-order valence-corrected chi connectivity index (χ3v) is 5.26. The Bertz CT molecular complexity index is 1070. The molecule has 1 aliphatic heterocycles. The number of pyridine rings is 1. The maximum Gasteiger partial charge on any atom is 0.271 e. The number of rotatable bonds is 4. The van der Waals surface area contributed by atoms with Crippen molar-refractivity contribution in [1.29, 1.82) is 0 Å². The first-order valence-corrected chi connectivity index (χ1v) is 9.84. The SMILES string of the molecule is Cc1cc(F)ccc1NC(=O)C1CCCN(C(=O)c2cc(-c3ccccn3)n[nH]2)C1. The molecule has 154 valence electrons. The number of nitrogens with one attached hydrogen (secondary N) is 2. The Kier molecular flexibility index (Phi) is 5.56. The summed E-state index contributed by atoms with van der Waals surface area (Å²) in [6.45, 7) is 2.64. The van der Waals surface area contributed by atoms with Crippen LogP contribution in [0.1, 0.15) is 28.9 Å². The Balaban J connectivity index is 1.43. The lowest BCUT2D eigenvalue weighted by Crippen LogP contribution is -2.44. The molecule has 1 aliphatic rings. The molecular weight excluding hydrogens is 385 g/mol. The highest BCUT2D eigenvalue weighted by Crippen LogP contribution is 2.23. The summed E-state index contributed by atoms with van der Waals surface area (Å²) >= 11 is 0. The number of anilines is 1. The van der Waals surface area contributed by atoms with E-state index in [4.69, 9.17) is 0 Å². The van der Waals surface area contributed by atoms with E-state index in [0.717, 1.165) is 6.42 Å². The van der Waals surface area contributed by atoms with Crippen LogP contribution < -0.4 is 5.32 Å². The van der Waals surface area contributed by atoms with E-state index in [2.05, 4.69) is 20.5 Å². The average Bonchev–Trinajstić information content (AvgIpc) is 3.26. The van der Waals surface area contributed by atoms with Crippen LogP contribution >= 0.6 is 0 Å². The van der Waals surface area contributed by atoms with Crippen LogP contribution in [-0.4, -0.2) is 45.0 Å². The van der Waals surface area contributed by atoms with Gasteiger partial charge >= 0.3 is 0 Å². The molecule has 30 heavy (non-hydrogen) atoms. The first-order valence-electron chi connectivity index (χ1n) is 9.84. The molecule has 0 bridgehead atoms. The highest BCUT2D eigenvalue weighted by atomic mass is 19.1. The van der Waals surface area contributed by atoms with E-state index >= 15 is 0 Å². The van der Waals surface area contributed by atoms with Gasteiger partial charge in [0.1, 0.15) is 17.2 Å². The number of carbonyl (C=O) groups is 2. The number of aromatic nitrogens is 3. The van der Waals surface area contributed by atoms with Crippen LogP contribution in [0.5, 0.6) is 0 Å².